The van der Waals surface area contributed by atoms with E-state index in [9.17, 15) is 14.0 Å². The quantitative estimate of drug-likeness (QED) is 0.850. The fourth-order valence-corrected chi connectivity index (χ4v) is 2.65. The fraction of sp³-hybridized carbons (Fsp3) is 0.412. The molecule has 0 spiro atoms. The van der Waals surface area contributed by atoms with Crippen LogP contribution in [0.3, 0.4) is 0 Å². The molecule has 1 heterocycles. The molecule has 1 atom stereocenters. The number of carboxylic acid groups (broad SMARTS) is 1. The first-order valence-electron chi connectivity index (χ1n) is 7.74. The first-order valence-corrected chi connectivity index (χ1v) is 7.74. The summed E-state index contributed by atoms with van der Waals surface area (Å²) in [5, 5.41) is 12.6. The molecule has 130 valence electrons. The third kappa shape index (κ3) is 4.04. The summed E-state index contributed by atoms with van der Waals surface area (Å²) < 4.78 is 15.2. The molecule has 1 aromatic heterocycles. The Bertz CT molecular complexity index is 757. The summed E-state index contributed by atoms with van der Waals surface area (Å²) in [4.78, 5) is 24.2. The van der Waals surface area contributed by atoms with E-state index in [4.69, 9.17) is 5.11 Å². The maximum Gasteiger partial charge on any atom is 0.317 e. The standard InChI is InChI=1S/C17H22FN3O3/c1-11(16(22)23)9-21(3)17(24)19-7-6-12-10-20(2)15-8-13(18)4-5-14(12)15/h4-5,8,10-11H,6-7,9H2,1-3H3,(H,19,24)(H,22,23). The molecule has 0 saturated carbocycles. The van der Waals surface area contributed by atoms with Gasteiger partial charge in [0.05, 0.1) is 11.4 Å². The molecule has 0 radical (unpaired) electrons. The number of carbonyl (C=O) groups is 2. The highest BCUT2D eigenvalue weighted by Gasteiger charge is 2.17. The van der Waals surface area contributed by atoms with E-state index in [1.165, 1.54) is 17.0 Å². The number of urea groups is 1. The van der Waals surface area contributed by atoms with Crippen molar-refractivity contribution in [2.45, 2.75) is 13.3 Å². The van der Waals surface area contributed by atoms with Crippen molar-refractivity contribution in [3.8, 4) is 0 Å². The lowest BCUT2D eigenvalue weighted by molar-refractivity contribution is -0.141. The zero-order chi connectivity index (χ0) is 17.9. The van der Waals surface area contributed by atoms with Gasteiger partial charge in [0.15, 0.2) is 0 Å². The molecule has 1 aromatic carbocycles. The third-order valence-corrected chi connectivity index (χ3v) is 4.02. The predicted octanol–water partition coefficient (Wildman–Crippen LogP) is 2.22. The van der Waals surface area contributed by atoms with E-state index in [0.717, 1.165) is 16.5 Å². The van der Waals surface area contributed by atoms with Gasteiger partial charge in [0.2, 0.25) is 0 Å². The number of carboxylic acids is 1. The van der Waals surface area contributed by atoms with Gasteiger partial charge in [0.1, 0.15) is 5.82 Å². The second kappa shape index (κ2) is 7.33. The van der Waals surface area contributed by atoms with E-state index in [2.05, 4.69) is 5.32 Å². The zero-order valence-corrected chi connectivity index (χ0v) is 14.0. The predicted molar refractivity (Wildman–Crippen MR) is 89.4 cm³/mol. The van der Waals surface area contributed by atoms with Crippen molar-refractivity contribution >= 4 is 22.9 Å². The number of hydrogen-bond donors (Lipinski definition) is 2. The number of nitrogens with one attached hydrogen (secondary N) is 1. The Morgan fingerprint density at radius 1 is 1.42 bits per heavy atom. The number of halogens is 1. The van der Waals surface area contributed by atoms with Crippen LogP contribution in [-0.2, 0) is 18.3 Å². The van der Waals surface area contributed by atoms with Gasteiger partial charge < -0.3 is 19.9 Å². The normalized spacial score (nSPS) is 12.2. The average Bonchev–Trinajstić information content (AvgIpc) is 2.82. The van der Waals surface area contributed by atoms with Crippen molar-refractivity contribution in [3.63, 3.8) is 0 Å². The Labute approximate surface area is 139 Å². The average molecular weight is 335 g/mol. The summed E-state index contributed by atoms with van der Waals surface area (Å²) in [6.45, 7) is 2.12. The minimum absolute atomic E-state index is 0.148. The van der Waals surface area contributed by atoms with Crippen molar-refractivity contribution in [2.75, 3.05) is 20.1 Å². The van der Waals surface area contributed by atoms with Crippen LogP contribution >= 0.6 is 0 Å². The van der Waals surface area contributed by atoms with Crippen LogP contribution in [-0.4, -0.2) is 46.7 Å². The fourth-order valence-electron chi connectivity index (χ4n) is 2.65. The number of aryl methyl sites for hydroxylation is 1. The second-order valence-electron chi connectivity index (χ2n) is 6.03. The highest BCUT2D eigenvalue weighted by atomic mass is 19.1. The molecule has 0 bridgehead atoms. The molecule has 2 aromatic rings. The van der Waals surface area contributed by atoms with E-state index < -0.39 is 11.9 Å². The van der Waals surface area contributed by atoms with Crippen molar-refractivity contribution < 1.29 is 19.1 Å². The number of rotatable bonds is 6. The molecule has 0 aliphatic carbocycles. The van der Waals surface area contributed by atoms with E-state index in [1.807, 2.05) is 17.8 Å². The molecule has 0 aliphatic rings. The molecule has 0 saturated heterocycles. The highest BCUT2D eigenvalue weighted by molar-refractivity contribution is 5.84. The number of aromatic nitrogens is 1. The first-order chi connectivity index (χ1) is 11.3. The van der Waals surface area contributed by atoms with Crippen molar-refractivity contribution in [2.24, 2.45) is 13.0 Å². The number of nitrogens with zero attached hydrogens (tertiary/aromatic N) is 2. The van der Waals surface area contributed by atoms with Crippen molar-refractivity contribution in [1.82, 2.24) is 14.8 Å². The van der Waals surface area contributed by atoms with E-state index >= 15 is 0 Å². The molecule has 0 aliphatic heterocycles. The van der Waals surface area contributed by atoms with Crippen LogP contribution in [0, 0.1) is 11.7 Å². The summed E-state index contributed by atoms with van der Waals surface area (Å²) in [6, 6.07) is 4.33. The summed E-state index contributed by atoms with van der Waals surface area (Å²) in [6.07, 6.45) is 2.53. The molecular weight excluding hydrogens is 313 g/mol. The third-order valence-electron chi connectivity index (χ3n) is 4.02. The Balaban J connectivity index is 1.92. The molecular formula is C17H22FN3O3. The number of fused-ring (bicyclic) bond motifs is 1. The lowest BCUT2D eigenvalue weighted by atomic mass is 10.1. The number of aliphatic carboxylic acids is 1. The van der Waals surface area contributed by atoms with Gasteiger partial charge in [-0.3, -0.25) is 4.79 Å². The second-order valence-corrected chi connectivity index (χ2v) is 6.03. The molecule has 24 heavy (non-hydrogen) atoms. The maximum absolute atomic E-state index is 13.3. The maximum atomic E-state index is 13.3. The monoisotopic (exact) mass is 335 g/mol. The highest BCUT2D eigenvalue weighted by Crippen LogP contribution is 2.21. The van der Waals surface area contributed by atoms with E-state index in [1.54, 1.807) is 20.0 Å². The molecule has 6 nitrogen and oxygen atoms in total. The molecule has 7 heteroatoms. The largest absolute Gasteiger partial charge is 0.481 e. The number of carbonyl (C=O) groups excluding carboxylic acids is 1. The lowest BCUT2D eigenvalue weighted by Crippen LogP contribution is -2.41. The molecule has 2 amide bonds. The van der Waals surface area contributed by atoms with E-state index in [0.29, 0.717) is 13.0 Å². The molecule has 1 unspecified atom stereocenters. The Morgan fingerprint density at radius 2 is 2.12 bits per heavy atom. The molecule has 2 N–H and O–H groups in total. The van der Waals surface area contributed by atoms with Gasteiger partial charge >= 0.3 is 12.0 Å². The number of hydrogen-bond acceptors (Lipinski definition) is 2. The Morgan fingerprint density at radius 3 is 2.79 bits per heavy atom. The van der Waals surface area contributed by atoms with Crippen LogP contribution in [0.15, 0.2) is 24.4 Å². The summed E-state index contributed by atoms with van der Waals surface area (Å²) in [5.41, 5.74) is 1.83. The van der Waals surface area contributed by atoms with E-state index in [-0.39, 0.29) is 18.4 Å². The van der Waals surface area contributed by atoms with Gasteiger partial charge in [0, 0.05) is 38.8 Å². The van der Waals surface area contributed by atoms with Crippen LogP contribution in [0.1, 0.15) is 12.5 Å². The summed E-state index contributed by atoms with van der Waals surface area (Å²) in [7, 11) is 3.42. The molecule has 0 fully saturated rings. The summed E-state index contributed by atoms with van der Waals surface area (Å²) in [5.74, 6) is -1.83. The van der Waals surface area contributed by atoms with Crippen LogP contribution in [0.2, 0.25) is 0 Å². The first kappa shape index (κ1) is 17.8. The van der Waals surface area contributed by atoms with Gasteiger partial charge in [-0.15, -0.1) is 0 Å². The van der Waals surface area contributed by atoms with Crippen LogP contribution in [0.5, 0.6) is 0 Å². The van der Waals surface area contributed by atoms with Crippen molar-refractivity contribution in [1.29, 1.82) is 0 Å². The van der Waals surface area contributed by atoms with Gasteiger partial charge in [-0.2, -0.15) is 0 Å². The smallest absolute Gasteiger partial charge is 0.317 e. The zero-order valence-electron chi connectivity index (χ0n) is 14.0. The Kier molecular flexibility index (Phi) is 5.43. The van der Waals surface area contributed by atoms with Crippen LogP contribution < -0.4 is 5.32 Å². The van der Waals surface area contributed by atoms with Crippen LogP contribution in [0.25, 0.3) is 10.9 Å². The SMILES string of the molecule is CC(CN(C)C(=O)NCCc1cn(C)c2cc(F)ccc12)C(=O)O. The Hall–Kier alpha value is -2.57. The minimum atomic E-state index is -0.933. The topological polar surface area (TPSA) is 74.6 Å². The van der Waals surface area contributed by atoms with Gasteiger partial charge in [0.25, 0.3) is 0 Å². The van der Waals surface area contributed by atoms with Gasteiger partial charge in [-0.25, -0.2) is 9.18 Å². The summed E-state index contributed by atoms with van der Waals surface area (Å²) >= 11 is 0. The van der Waals surface area contributed by atoms with Crippen molar-refractivity contribution in [3.05, 3.63) is 35.8 Å². The van der Waals surface area contributed by atoms with Gasteiger partial charge in [-0.05, 0) is 30.2 Å². The number of amides is 2. The number of benzene rings is 1. The van der Waals surface area contributed by atoms with Gasteiger partial charge in [-0.1, -0.05) is 6.92 Å². The minimum Gasteiger partial charge on any atom is -0.481 e. The molecule has 2 rings (SSSR count). The lowest BCUT2D eigenvalue weighted by Gasteiger charge is -2.19. The van der Waals surface area contributed by atoms with Crippen LogP contribution in [0.4, 0.5) is 9.18 Å².